The minimum atomic E-state index is -0.736. The van der Waals surface area contributed by atoms with Crippen LogP contribution in [0.1, 0.15) is 48.4 Å². The molecule has 2 atom stereocenters. The van der Waals surface area contributed by atoms with Gasteiger partial charge in [-0.25, -0.2) is 0 Å². The predicted octanol–water partition coefficient (Wildman–Crippen LogP) is 4.50. The topological polar surface area (TPSA) is 53.4 Å². The monoisotopic (exact) mass is 408 g/mol. The van der Waals surface area contributed by atoms with Gasteiger partial charge in [-0.15, -0.1) is 11.3 Å². The van der Waals surface area contributed by atoms with Crippen molar-refractivity contribution in [1.82, 2.24) is 9.88 Å². The van der Waals surface area contributed by atoms with Gasteiger partial charge in [0.15, 0.2) is 0 Å². The van der Waals surface area contributed by atoms with Gasteiger partial charge < -0.3 is 5.11 Å². The number of carboxylic acid groups (broad SMARTS) is 1. The first-order valence-corrected chi connectivity index (χ1v) is 9.89. The third-order valence-electron chi connectivity index (χ3n) is 4.56. The summed E-state index contributed by atoms with van der Waals surface area (Å²) in [5, 5.41) is 9.67. The number of carboxylic acids is 1. The van der Waals surface area contributed by atoms with Crippen LogP contribution in [0.15, 0.2) is 34.2 Å². The summed E-state index contributed by atoms with van der Waals surface area (Å²) in [6.07, 6.45) is 5.55. The molecule has 1 aliphatic rings. The van der Waals surface area contributed by atoms with Gasteiger partial charge in [0.25, 0.3) is 0 Å². The Morgan fingerprint density at radius 1 is 1.42 bits per heavy atom. The number of likely N-dealkylation sites (tertiary alicyclic amines) is 1. The van der Waals surface area contributed by atoms with Crippen LogP contribution in [-0.2, 0) is 11.2 Å². The van der Waals surface area contributed by atoms with Gasteiger partial charge >= 0.3 is 5.97 Å². The predicted molar refractivity (Wildman–Crippen MR) is 99.5 cm³/mol. The maximum absolute atomic E-state index is 11.8. The Hall–Kier alpha value is -1.24. The summed E-state index contributed by atoms with van der Waals surface area (Å²) in [7, 11) is 0. The highest BCUT2D eigenvalue weighted by atomic mass is 79.9. The molecular weight excluding hydrogens is 388 g/mol. The van der Waals surface area contributed by atoms with Crippen molar-refractivity contribution in [1.29, 1.82) is 0 Å². The molecule has 2 aromatic heterocycles. The molecule has 0 amide bonds. The minimum Gasteiger partial charge on any atom is -0.480 e. The Balaban J connectivity index is 2.02. The maximum atomic E-state index is 11.8. The van der Waals surface area contributed by atoms with E-state index in [0.29, 0.717) is 6.42 Å². The van der Waals surface area contributed by atoms with Crippen molar-refractivity contribution >= 4 is 33.2 Å². The lowest BCUT2D eigenvalue weighted by molar-refractivity contribution is -0.145. The van der Waals surface area contributed by atoms with Crippen LogP contribution >= 0.6 is 27.3 Å². The third-order valence-corrected chi connectivity index (χ3v) is 6.24. The number of piperidine rings is 1. The second-order valence-electron chi connectivity index (χ2n) is 6.08. The van der Waals surface area contributed by atoms with Crippen LogP contribution in [0, 0.1) is 0 Å². The highest BCUT2D eigenvalue weighted by molar-refractivity contribution is 9.11. The first kappa shape index (κ1) is 17.6. The summed E-state index contributed by atoms with van der Waals surface area (Å²) in [5.41, 5.74) is 2.12. The van der Waals surface area contributed by atoms with E-state index in [1.807, 2.05) is 18.3 Å². The quantitative estimate of drug-likeness (QED) is 0.790. The number of aryl methyl sites for hydroxylation is 1. The van der Waals surface area contributed by atoms with E-state index in [-0.39, 0.29) is 6.04 Å². The van der Waals surface area contributed by atoms with Gasteiger partial charge in [0.2, 0.25) is 0 Å². The van der Waals surface area contributed by atoms with Gasteiger partial charge in [0, 0.05) is 17.6 Å². The molecule has 1 fully saturated rings. The average Bonchev–Trinajstić information content (AvgIpc) is 3.02. The van der Waals surface area contributed by atoms with Crippen molar-refractivity contribution in [2.75, 3.05) is 6.54 Å². The summed E-state index contributed by atoms with van der Waals surface area (Å²) in [4.78, 5) is 19.7. The van der Waals surface area contributed by atoms with Crippen LogP contribution < -0.4 is 0 Å². The smallest absolute Gasteiger partial charge is 0.320 e. The number of nitrogens with zero attached hydrogens (tertiary/aromatic N) is 2. The van der Waals surface area contributed by atoms with Crippen molar-refractivity contribution < 1.29 is 9.90 Å². The van der Waals surface area contributed by atoms with E-state index in [1.54, 1.807) is 11.3 Å². The molecule has 0 spiro atoms. The van der Waals surface area contributed by atoms with Gasteiger partial charge in [-0.3, -0.25) is 14.7 Å². The first-order chi connectivity index (χ1) is 11.6. The fourth-order valence-corrected chi connectivity index (χ4v) is 4.85. The molecule has 2 unspecified atom stereocenters. The number of hydrogen-bond donors (Lipinski definition) is 1. The number of halogens is 1. The lowest BCUT2D eigenvalue weighted by Crippen LogP contribution is -2.46. The summed E-state index contributed by atoms with van der Waals surface area (Å²) in [6, 6.07) is 7.68. The van der Waals surface area contributed by atoms with Crippen molar-refractivity contribution in [2.45, 2.75) is 44.7 Å². The summed E-state index contributed by atoms with van der Waals surface area (Å²) < 4.78 is 1.05. The second-order valence-corrected chi connectivity index (χ2v) is 8.57. The zero-order valence-corrected chi connectivity index (χ0v) is 16.0. The number of pyridine rings is 1. The molecule has 0 radical (unpaired) electrons. The Labute approximate surface area is 154 Å². The van der Waals surface area contributed by atoms with E-state index in [0.717, 1.165) is 40.2 Å². The van der Waals surface area contributed by atoms with E-state index >= 15 is 0 Å². The van der Waals surface area contributed by atoms with E-state index in [1.165, 1.54) is 5.56 Å². The molecule has 6 heteroatoms. The third kappa shape index (κ3) is 3.71. The molecule has 4 nitrogen and oxygen atoms in total. The summed E-state index contributed by atoms with van der Waals surface area (Å²) in [5.74, 6) is -0.736. The minimum absolute atomic E-state index is 0.103. The standard InChI is InChI=1S/C18H21BrN2O2S/c1-2-12-6-7-13(20-11-12)17(15-8-9-16(19)24-15)21-10-4-3-5-14(21)18(22)23/h6-9,11,14,17H,2-5,10H2,1H3,(H,22,23). The molecule has 2 aromatic rings. The van der Waals surface area contributed by atoms with Gasteiger partial charge in [-0.2, -0.15) is 0 Å². The summed E-state index contributed by atoms with van der Waals surface area (Å²) in [6.45, 7) is 2.89. The number of rotatable bonds is 5. The number of carbonyl (C=O) groups is 1. The maximum Gasteiger partial charge on any atom is 0.320 e. The van der Waals surface area contributed by atoms with Crippen LogP contribution in [0.3, 0.4) is 0 Å². The SMILES string of the molecule is CCc1ccc(C(c2ccc(Br)s2)N2CCCCC2C(=O)O)nc1. The largest absolute Gasteiger partial charge is 0.480 e. The van der Waals surface area contributed by atoms with Gasteiger partial charge in [-0.05, 0) is 59.0 Å². The van der Waals surface area contributed by atoms with E-state index in [2.05, 4.69) is 44.9 Å². The molecule has 1 N–H and O–H groups in total. The highest BCUT2D eigenvalue weighted by Gasteiger charge is 2.36. The van der Waals surface area contributed by atoms with Crippen LogP contribution in [0.4, 0.5) is 0 Å². The average molecular weight is 409 g/mol. The molecule has 0 bridgehead atoms. The molecule has 24 heavy (non-hydrogen) atoms. The summed E-state index contributed by atoms with van der Waals surface area (Å²) >= 11 is 5.18. The van der Waals surface area contributed by atoms with Gasteiger partial charge in [-0.1, -0.05) is 19.4 Å². The fraction of sp³-hybridized carbons (Fsp3) is 0.444. The molecule has 3 rings (SSSR count). The lowest BCUT2D eigenvalue weighted by atomic mass is 9.97. The molecule has 0 saturated carbocycles. The van der Waals surface area contributed by atoms with E-state index in [9.17, 15) is 9.90 Å². The van der Waals surface area contributed by atoms with Crippen molar-refractivity contribution in [3.05, 3.63) is 50.4 Å². The molecule has 1 aliphatic heterocycles. The zero-order valence-electron chi connectivity index (χ0n) is 13.6. The van der Waals surface area contributed by atoms with Crippen LogP contribution in [0.2, 0.25) is 0 Å². The normalized spacial score (nSPS) is 20.0. The van der Waals surface area contributed by atoms with Gasteiger partial charge in [0.05, 0.1) is 15.5 Å². The number of aromatic nitrogens is 1. The molecule has 1 saturated heterocycles. The molecular formula is C18H21BrN2O2S. The Morgan fingerprint density at radius 2 is 2.25 bits per heavy atom. The number of aliphatic carboxylic acids is 1. The zero-order chi connectivity index (χ0) is 17.1. The highest BCUT2D eigenvalue weighted by Crippen LogP contribution is 2.38. The van der Waals surface area contributed by atoms with Crippen molar-refractivity contribution in [2.24, 2.45) is 0 Å². The van der Waals surface area contributed by atoms with E-state index in [4.69, 9.17) is 0 Å². The molecule has 0 aliphatic carbocycles. The number of hydrogen-bond acceptors (Lipinski definition) is 4. The fourth-order valence-electron chi connectivity index (χ4n) is 3.29. The van der Waals surface area contributed by atoms with Crippen molar-refractivity contribution in [3.8, 4) is 0 Å². The number of thiophene rings is 1. The molecule has 3 heterocycles. The van der Waals surface area contributed by atoms with Crippen molar-refractivity contribution in [3.63, 3.8) is 0 Å². The lowest BCUT2D eigenvalue weighted by Gasteiger charge is -2.38. The Kier molecular flexibility index (Phi) is 5.69. The Bertz CT molecular complexity index is 701. The second kappa shape index (κ2) is 7.76. The van der Waals surface area contributed by atoms with E-state index < -0.39 is 12.0 Å². The van der Waals surface area contributed by atoms with Gasteiger partial charge in [0.1, 0.15) is 6.04 Å². The first-order valence-electron chi connectivity index (χ1n) is 8.28. The Morgan fingerprint density at radius 3 is 2.83 bits per heavy atom. The van der Waals surface area contributed by atoms with Crippen LogP contribution in [0.5, 0.6) is 0 Å². The van der Waals surface area contributed by atoms with Crippen LogP contribution in [0.25, 0.3) is 0 Å². The molecule has 128 valence electrons. The molecule has 0 aromatic carbocycles. The van der Waals surface area contributed by atoms with Crippen LogP contribution in [-0.4, -0.2) is 33.5 Å².